The molecule has 0 radical (unpaired) electrons. The normalized spacial score (nSPS) is 36.9. The fourth-order valence-corrected chi connectivity index (χ4v) is 3.40. The predicted molar refractivity (Wildman–Crippen MR) is 68.4 cm³/mol. The first-order chi connectivity index (χ1) is 7.20. The Morgan fingerprint density at radius 2 is 2.07 bits per heavy atom. The van der Waals surface area contributed by atoms with Gasteiger partial charge in [0.05, 0.1) is 0 Å². The Bertz CT molecular complexity index is 306. The summed E-state index contributed by atoms with van der Waals surface area (Å²) in [6.45, 7) is 9.29. The van der Waals surface area contributed by atoms with Gasteiger partial charge in [0.2, 0.25) is 0 Å². The number of rotatable bonds is 0. The van der Waals surface area contributed by atoms with Gasteiger partial charge in [-0.1, -0.05) is 0 Å². The van der Waals surface area contributed by atoms with E-state index in [0.29, 0.717) is 0 Å². The molecule has 1 unspecified atom stereocenters. The van der Waals surface area contributed by atoms with Gasteiger partial charge in [-0.25, -0.2) is 3.11 Å². The van der Waals surface area contributed by atoms with Crippen LogP contribution in [0.2, 0.25) is 0 Å². The molecule has 1 atom stereocenters. The SMILES string of the molecule is CC12C=C3NCCN3CCN1CCN2I. The lowest BCUT2D eigenvalue weighted by atomic mass is 10.2. The fourth-order valence-electron chi connectivity index (χ4n) is 2.74. The van der Waals surface area contributed by atoms with Crippen molar-refractivity contribution in [2.75, 3.05) is 39.3 Å². The first-order valence-electron chi connectivity index (χ1n) is 5.60. The summed E-state index contributed by atoms with van der Waals surface area (Å²) in [6.07, 6.45) is 2.40. The van der Waals surface area contributed by atoms with Gasteiger partial charge in [-0.3, -0.25) is 4.90 Å². The van der Waals surface area contributed by atoms with Crippen LogP contribution in [0.5, 0.6) is 0 Å². The van der Waals surface area contributed by atoms with Crippen LogP contribution >= 0.6 is 22.9 Å². The molecular formula is C10H17IN4. The molecule has 0 spiro atoms. The minimum Gasteiger partial charge on any atom is -0.370 e. The molecule has 4 nitrogen and oxygen atoms in total. The van der Waals surface area contributed by atoms with Gasteiger partial charge in [0.1, 0.15) is 11.5 Å². The molecule has 3 rings (SSSR count). The van der Waals surface area contributed by atoms with Crippen molar-refractivity contribution in [3.63, 3.8) is 0 Å². The Hall–Kier alpha value is -0.0100. The quantitative estimate of drug-likeness (QED) is 0.516. The molecule has 0 saturated carbocycles. The molecular weight excluding hydrogens is 303 g/mol. The maximum atomic E-state index is 3.49. The third-order valence-electron chi connectivity index (χ3n) is 3.78. The van der Waals surface area contributed by atoms with Crippen LogP contribution < -0.4 is 5.32 Å². The summed E-state index contributed by atoms with van der Waals surface area (Å²) >= 11 is 2.46. The molecule has 0 aromatic carbocycles. The first-order valence-corrected chi connectivity index (χ1v) is 6.57. The van der Waals surface area contributed by atoms with Gasteiger partial charge in [0.25, 0.3) is 0 Å². The zero-order chi connectivity index (χ0) is 10.5. The molecule has 15 heavy (non-hydrogen) atoms. The predicted octanol–water partition coefficient (Wildman–Crippen LogP) is 0.430. The van der Waals surface area contributed by atoms with Crippen molar-refractivity contribution in [3.05, 3.63) is 11.9 Å². The molecule has 0 bridgehead atoms. The second-order valence-corrected chi connectivity index (χ2v) is 5.77. The van der Waals surface area contributed by atoms with Crippen molar-refractivity contribution in [2.24, 2.45) is 0 Å². The molecule has 2 saturated heterocycles. The van der Waals surface area contributed by atoms with E-state index in [1.54, 1.807) is 0 Å². The number of nitrogens with zero attached hydrogens (tertiary/aromatic N) is 3. The zero-order valence-electron chi connectivity index (χ0n) is 9.04. The van der Waals surface area contributed by atoms with Crippen molar-refractivity contribution >= 4 is 22.9 Å². The Labute approximate surface area is 105 Å². The average Bonchev–Trinajstić information content (AvgIpc) is 2.70. The molecule has 3 heterocycles. The van der Waals surface area contributed by atoms with Gasteiger partial charge < -0.3 is 10.2 Å². The molecule has 84 valence electrons. The van der Waals surface area contributed by atoms with Crippen LogP contribution in [0, 0.1) is 0 Å². The molecule has 1 N–H and O–H groups in total. The van der Waals surface area contributed by atoms with Crippen molar-refractivity contribution < 1.29 is 0 Å². The number of nitrogens with one attached hydrogen (secondary N) is 1. The summed E-state index contributed by atoms with van der Waals surface area (Å²) < 4.78 is 2.42. The lowest BCUT2D eigenvalue weighted by molar-refractivity contribution is 0.151. The van der Waals surface area contributed by atoms with Crippen LogP contribution in [0.25, 0.3) is 0 Å². The second-order valence-electron chi connectivity index (χ2n) is 4.61. The maximum absolute atomic E-state index is 3.49. The monoisotopic (exact) mass is 320 g/mol. The van der Waals surface area contributed by atoms with E-state index < -0.39 is 0 Å². The van der Waals surface area contributed by atoms with Crippen LogP contribution in [-0.2, 0) is 0 Å². The van der Waals surface area contributed by atoms with E-state index in [2.05, 4.69) is 54.1 Å². The Balaban J connectivity index is 1.97. The Morgan fingerprint density at radius 1 is 1.27 bits per heavy atom. The summed E-state index contributed by atoms with van der Waals surface area (Å²) in [5.41, 5.74) is 0.113. The molecule has 3 aliphatic heterocycles. The smallest absolute Gasteiger partial charge is 0.103 e. The van der Waals surface area contributed by atoms with Gasteiger partial charge in [0, 0.05) is 62.1 Å². The van der Waals surface area contributed by atoms with E-state index in [9.17, 15) is 0 Å². The standard InChI is InChI=1S/C10H17IN4/c1-10-8-9-12-2-3-13(9)4-5-14(10)6-7-15(10)11/h8,12H,2-7H2,1H3. The van der Waals surface area contributed by atoms with E-state index in [1.807, 2.05) is 0 Å². The summed E-state index contributed by atoms with van der Waals surface area (Å²) in [4.78, 5) is 5.04. The van der Waals surface area contributed by atoms with Crippen LogP contribution in [0.3, 0.4) is 0 Å². The largest absolute Gasteiger partial charge is 0.370 e. The summed E-state index contributed by atoms with van der Waals surface area (Å²) in [6, 6.07) is 0. The summed E-state index contributed by atoms with van der Waals surface area (Å²) in [7, 11) is 0. The number of halogens is 1. The van der Waals surface area contributed by atoms with Gasteiger partial charge >= 0.3 is 0 Å². The van der Waals surface area contributed by atoms with Crippen molar-refractivity contribution in [1.29, 1.82) is 0 Å². The van der Waals surface area contributed by atoms with E-state index in [4.69, 9.17) is 0 Å². The lowest BCUT2D eigenvalue weighted by Crippen LogP contribution is -2.46. The third kappa shape index (κ3) is 1.47. The van der Waals surface area contributed by atoms with E-state index in [-0.39, 0.29) is 5.66 Å². The minimum atomic E-state index is 0.113. The molecule has 0 aliphatic carbocycles. The van der Waals surface area contributed by atoms with Crippen molar-refractivity contribution in [2.45, 2.75) is 12.6 Å². The highest BCUT2D eigenvalue weighted by Crippen LogP contribution is 2.34. The maximum Gasteiger partial charge on any atom is 0.103 e. The number of fused-ring (bicyclic) bond motifs is 2. The van der Waals surface area contributed by atoms with E-state index >= 15 is 0 Å². The average molecular weight is 320 g/mol. The van der Waals surface area contributed by atoms with Gasteiger partial charge in [-0.2, -0.15) is 0 Å². The topological polar surface area (TPSA) is 21.8 Å². The van der Waals surface area contributed by atoms with Gasteiger partial charge in [-0.15, -0.1) is 0 Å². The van der Waals surface area contributed by atoms with Crippen LogP contribution in [0.4, 0.5) is 0 Å². The van der Waals surface area contributed by atoms with Gasteiger partial charge in [0.15, 0.2) is 0 Å². The van der Waals surface area contributed by atoms with Crippen LogP contribution in [-0.4, -0.2) is 57.8 Å². The first kappa shape index (κ1) is 10.2. The number of hydrogen-bond donors (Lipinski definition) is 1. The molecule has 5 heteroatoms. The lowest BCUT2D eigenvalue weighted by Gasteiger charge is -2.34. The fraction of sp³-hybridized carbons (Fsp3) is 0.800. The minimum absolute atomic E-state index is 0.113. The number of hydrogen-bond acceptors (Lipinski definition) is 4. The Kier molecular flexibility index (Phi) is 2.37. The summed E-state index contributed by atoms with van der Waals surface area (Å²) in [5, 5.41) is 3.49. The Morgan fingerprint density at radius 3 is 2.93 bits per heavy atom. The van der Waals surface area contributed by atoms with E-state index in [1.165, 1.54) is 32.0 Å². The highest BCUT2D eigenvalue weighted by Gasteiger charge is 2.43. The van der Waals surface area contributed by atoms with Crippen LogP contribution in [0.15, 0.2) is 11.9 Å². The molecule has 3 aliphatic rings. The molecule has 0 aromatic heterocycles. The second kappa shape index (κ2) is 3.49. The van der Waals surface area contributed by atoms with Crippen molar-refractivity contribution in [1.82, 2.24) is 18.2 Å². The van der Waals surface area contributed by atoms with Crippen molar-refractivity contribution in [3.8, 4) is 0 Å². The zero-order valence-corrected chi connectivity index (χ0v) is 11.2. The van der Waals surface area contributed by atoms with Crippen LogP contribution in [0.1, 0.15) is 6.92 Å². The van der Waals surface area contributed by atoms with E-state index in [0.717, 1.165) is 13.1 Å². The molecule has 0 amide bonds. The molecule has 2 fully saturated rings. The highest BCUT2D eigenvalue weighted by atomic mass is 127. The summed E-state index contributed by atoms with van der Waals surface area (Å²) in [5.74, 6) is 1.34. The molecule has 0 aromatic rings. The van der Waals surface area contributed by atoms with Gasteiger partial charge in [-0.05, 0) is 13.0 Å². The third-order valence-corrected chi connectivity index (χ3v) is 5.24. The highest BCUT2D eigenvalue weighted by molar-refractivity contribution is 14.1.